The van der Waals surface area contributed by atoms with Gasteiger partial charge in [0.2, 0.25) is 5.75 Å². The zero-order valence-corrected chi connectivity index (χ0v) is 15.1. The number of benzene rings is 2. The minimum Gasteiger partial charge on any atom is -0.508 e. The first-order valence-corrected chi connectivity index (χ1v) is 8.76. The maximum Gasteiger partial charge on any atom is 0.297 e. The van der Waals surface area contributed by atoms with Crippen LogP contribution < -0.4 is 15.0 Å². The first kappa shape index (κ1) is 17.9. The molecule has 0 atom stereocenters. The van der Waals surface area contributed by atoms with Crippen LogP contribution in [0, 0.1) is 0 Å². The van der Waals surface area contributed by atoms with E-state index in [1.54, 1.807) is 22.8 Å². The molecule has 1 heterocycles. The number of phenolic OH excluding ortho intramolecular Hbond substituents is 1. The molecule has 0 aliphatic heterocycles. The molecule has 5 heteroatoms. The summed E-state index contributed by atoms with van der Waals surface area (Å²) in [6.07, 6.45) is 1.82. The normalized spacial score (nSPS) is 10.8. The van der Waals surface area contributed by atoms with Crippen molar-refractivity contribution >= 4 is 10.9 Å². The summed E-state index contributed by atoms with van der Waals surface area (Å²) >= 11 is 0. The second-order valence-corrected chi connectivity index (χ2v) is 6.15. The summed E-state index contributed by atoms with van der Waals surface area (Å²) in [5.74, 6) is 0.709. The minimum atomic E-state index is -0.248. The number of aromatic nitrogens is 1. The lowest BCUT2D eigenvalue weighted by atomic mass is 10.1. The van der Waals surface area contributed by atoms with E-state index in [2.05, 4.69) is 6.92 Å². The predicted molar refractivity (Wildman–Crippen MR) is 102 cm³/mol. The Morgan fingerprint density at radius 2 is 1.85 bits per heavy atom. The number of aromatic hydroxyl groups is 1. The fourth-order valence-electron chi connectivity index (χ4n) is 2.98. The Kier molecular flexibility index (Phi) is 5.46. The van der Waals surface area contributed by atoms with E-state index in [0.29, 0.717) is 24.4 Å². The van der Waals surface area contributed by atoms with Crippen molar-refractivity contribution < 1.29 is 14.6 Å². The molecule has 0 amide bonds. The third-order valence-corrected chi connectivity index (χ3v) is 4.33. The number of nitrogens with zero attached hydrogens (tertiary/aromatic N) is 1. The Morgan fingerprint density at radius 3 is 2.54 bits per heavy atom. The number of fused-ring (bicyclic) bond motifs is 1. The number of hydrogen-bond acceptors (Lipinski definition) is 4. The first-order chi connectivity index (χ1) is 12.7. The molecule has 0 aliphatic rings. The van der Waals surface area contributed by atoms with Crippen molar-refractivity contribution in [3.63, 3.8) is 0 Å². The summed E-state index contributed by atoms with van der Waals surface area (Å²) in [5, 5.41) is 10.7. The average molecular weight is 353 g/mol. The smallest absolute Gasteiger partial charge is 0.297 e. The fourth-order valence-corrected chi connectivity index (χ4v) is 2.98. The van der Waals surface area contributed by atoms with Gasteiger partial charge in [0.25, 0.3) is 5.56 Å². The molecule has 26 heavy (non-hydrogen) atoms. The van der Waals surface area contributed by atoms with Crippen LogP contribution in [0.3, 0.4) is 0 Å². The van der Waals surface area contributed by atoms with E-state index >= 15 is 0 Å². The number of rotatable bonds is 7. The second-order valence-electron chi connectivity index (χ2n) is 6.15. The molecule has 0 spiro atoms. The van der Waals surface area contributed by atoms with Gasteiger partial charge in [-0.15, -0.1) is 0 Å². The molecule has 0 saturated carbocycles. The zero-order valence-electron chi connectivity index (χ0n) is 15.1. The number of hydrogen-bond donors (Lipinski definition) is 1. The third kappa shape index (κ3) is 3.52. The van der Waals surface area contributed by atoms with Crippen LogP contribution in [0.25, 0.3) is 10.9 Å². The van der Waals surface area contributed by atoms with E-state index in [1.807, 2.05) is 30.3 Å². The van der Waals surface area contributed by atoms with Gasteiger partial charge in [-0.25, -0.2) is 0 Å². The standard InChI is InChI=1S/C21H23NO4/c1-3-4-12-22-18-13-16(23)10-11-17(18)19(20(25-2)21(22)24)26-14-15-8-6-5-7-9-15/h5-11,13,23H,3-4,12,14H2,1-2H3. The van der Waals surface area contributed by atoms with Crippen molar-refractivity contribution in [1.82, 2.24) is 4.57 Å². The highest BCUT2D eigenvalue weighted by atomic mass is 16.5. The van der Waals surface area contributed by atoms with Gasteiger partial charge in [-0.2, -0.15) is 0 Å². The van der Waals surface area contributed by atoms with Gasteiger partial charge in [0, 0.05) is 18.0 Å². The van der Waals surface area contributed by atoms with Crippen LogP contribution >= 0.6 is 0 Å². The summed E-state index contributed by atoms with van der Waals surface area (Å²) in [6, 6.07) is 14.7. The molecule has 136 valence electrons. The molecule has 0 radical (unpaired) electrons. The summed E-state index contributed by atoms with van der Waals surface area (Å²) < 4.78 is 13.0. The van der Waals surface area contributed by atoms with Gasteiger partial charge in [-0.05, 0) is 24.1 Å². The average Bonchev–Trinajstić information content (AvgIpc) is 2.66. The molecule has 0 saturated heterocycles. The number of pyridine rings is 1. The van der Waals surface area contributed by atoms with Gasteiger partial charge in [-0.1, -0.05) is 43.7 Å². The number of unbranched alkanes of at least 4 members (excludes halogenated alkanes) is 1. The molecule has 0 aliphatic carbocycles. The van der Waals surface area contributed by atoms with E-state index in [1.165, 1.54) is 7.11 Å². The van der Waals surface area contributed by atoms with E-state index in [0.717, 1.165) is 23.8 Å². The van der Waals surface area contributed by atoms with Crippen LogP contribution in [0.5, 0.6) is 17.2 Å². The first-order valence-electron chi connectivity index (χ1n) is 8.76. The largest absolute Gasteiger partial charge is 0.508 e. The number of phenols is 1. The molecule has 3 aromatic rings. The van der Waals surface area contributed by atoms with Gasteiger partial charge in [-0.3, -0.25) is 4.79 Å². The summed E-state index contributed by atoms with van der Waals surface area (Å²) in [4.78, 5) is 12.9. The molecule has 0 fully saturated rings. The Morgan fingerprint density at radius 1 is 1.08 bits per heavy atom. The highest BCUT2D eigenvalue weighted by Gasteiger charge is 2.19. The van der Waals surface area contributed by atoms with Crippen molar-refractivity contribution in [2.45, 2.75) is 32.9 Å². The molecular weight excluding hydrogens is 330 g/mol. The highest BCUT2D eigenvalue weighted by Crippen LogP contribution is 2.35. The second kappa shape index (κ2) is 7.95. The monoisotopic (exact) mass is 353 g/mol. The van der Waals surface area contributed by atoms with E-state index < -0.39 is 0 Å². The molecule has 1 N–H and O–H groups in total. The van der Waals surface area contributed by atoms with Crippen LogP contribution in [-0.4, -0.2) is 16.8 Å². The summed E-state index contributed by atoms with van der Waals surface area (Å²) in [5.41, 5.74) is 1.39. The van der Waals surface area contributed by atoms with Gasteiger partial charge < -0.3 is 19.1 Å². The van der Waals surface area contributed by atoms with Crippen molar-refractivity contribution in [2.75, 3.05) is 7.11 Å². The fraction of sp³-hybridized carbons (Fsp3) is 0.286. The molecule has 1 aromatic heterocycles. The molecule has 0 bridgehead atoms. The minimum absolute atomic E-state index is 0.112. The molecule has 2 aromatic carbocycles. The number of ether oxygens (including phenoxy) is 2. The van der Waals surface area contributed by atoms with Crippen LogP contribution in [0.15, 0.2) is 53.3 Å². The molecular formula is C21H23NO4. The van der Waals surface area contributed by atoms with E-state index in [-0.39, 0.29) is 17.1 Å². The third-order valence-electron chi connectivity index (χ3n) is 4.33. The van der Waals surface area contributed by atoms with Crippen molar-refractivity contribution in [3.05, 3.63) is 64.4 Å². The van der Waals surface area contributed by atoms with Gasteiger partial charge in [0.1, 0.15) is 12.4 Å². The maximum absolute atomic E-state index is 12.9. The van der Waals surface area contributed by atoms with Gasteiger partial charge in [0.15, 0.2) is 5.75 Å². The predicted octanol–water partition coefficient (Wildman–Crippen LogP) is 4.09. The van der Waals surface area contributed by atoms with Crippen LogP contribution in [0.2, 0.25) is 0 Å². The zero-order chi connectivity index (χ0) is 18.5. The van der Waals surface area contributed by atoms with E-state index in [4.69, 9.17) is 9.47 Å². The lowest BCUT2D eigenvalue weighted by Gasteiger charge is -2.17. The Balaban J connectivity index is 2.13. The topological polar surface area (TPSA) is 60.7 Å². The number of aryl methyl sites for hydroxylation is 1. The Labute approximate surface area is 152 Å². The maximum atomic E-state index is 12.9. The van der Waals surface area contributed by atoms with E-state index in [9.17, 15) is 9.90 Å². The Hall–Kier alpha value is -2.95. The SMILES string of the molecule is CCCCn1c(=O)c(OC)c(OCc2ccccc2)c2ccc(O)cc21. The van der Waals surface area contributed by atoms with Crippen molar-refractivity contribution in [2.24, 2.45) is 0 Å². The molecule has 0 unspecified atom stereocenters. The van der Waals surface area contributed by atoms with Crippen molar-refractivity contribution in [3.8, 4) is 17.2 Å². The van der Waals surface area contributed by atoms with Crippen molar-refractivity contribution in [1.29, 1.82) is 0 Å². The lowest BCUT2D eigenvalue weighted by molar-refractivity contribution is 0.285. The van der Waals surface area contributed by atoms with Gasteiger partial charge in [0.05, 0.1) is 12.6 Å². The van der Waals surface area contributed by atoms with Crippen LogP contribution in [-0.2, 0) is 13.2 Å². The quantitative estimate of drug-likeness (QED) is 0.695. The molecule has 3 rings (SSSR count). The highest BCUT2D eigenvalue weighted by molar-refractivity contribution is 5.89. The lowest BCUT2D eigenvalue weighted by Crippen LogP contribution is -2.23. The summed E-state index contributed by atoms with van der Waals surface area (Å²) in [7, 11) is 1.47. The summed E-state index contributed by atoms with van der Waals surface area (Å²) in [6.45, 7) is 2.95. The Bertz CT molecular complexity index is 948. The van der Waals surface area contributed by atoms with Crippen LogP contribution in [0.4, 0.5) is 0 Å². The van der Waals surface area contributed by atoms with Crippen LogP contribution in [0.1, 0.15) is 25.3 Å². The number of methoxy groups -OCH3 is 1. The van der Waals surface area contributed by atoms with Gasteiger partial charge >= 0.3 is 0 Å². The molecule has 5 nitrogen and oxygen atoms in total.